The summed E-state index contributed by atoms with van der Waals surface area (Å²) in [5.74, 6) is 1.09. The predicted molar refractivity (Wildman–Crippen MR) is 95.8 cm³/mol. The quantitative estimate of drug-likeness (QED) is 0.807. The minimum atomic E-state index is -0.219. The lowest BCUT2D eigenvalue weighted by molar-refractivity contribution is 0.0953. The third-order valence-corrected chi connectivity index (χ3v) is 3.88. The number of carbonyl (C=O) groups excluding carboxylic acids is 1. The van der Waals surface area contributed by atoms with Crippen LogP contribution in [-0.4, -0.2) is 58.6 Å². The van der Waals surface area contributed by atoms with E-state index in [0.29, 0.717) is 18.2 Å². The molecule has 0 saturated carbocycles. The molecule has 130 valence electrons. The minimum absolute atomic E-state index is 0.219. The van der Waals surface area contributed by atoms with Crippen LogP contribution >= 0.6 is 0 Å². The molecule has 1 fully saturated rings. The summed E-state index contributed by atoms with van der Waals surface area (Å²) in [5.41, 5.74) is 1.14. The summed E-state index contributed by atoms with van der Waals surface area (Å²) >= 11 is 0. The number of amides is 1. The number of piperazine rings is 1. The number of aromatic nitrogens is 4. The zero-order chi connectivity index (χ0) is 17.6. The Hall–Kier alpha value is -3.03. The van der Waals surface area contributed by atoms with Crippen LogP contribution < -0.4 is 15.1 Å². The molecule has 1 N–H and O–H groups in total. The van der Waals surface area contributed by atoms with Gasteiger partial charge in [-0.25, -0.2) is 19.9 Å². The number of hydrogen-bond acceptors (Lipinski definition) is 7. The van der Waals surface area contributed by atoms with Crippen molar-refractivity contribution in [1.82, 2.24) is 25.3 Å². The monoisotopic (exact) mass is 339 g/mol. The van der Waals surface area contributed by atoms with Crippen LogP contribution in [0.25, 0.3) is 0 Å². The van der Waals surface area contributed by atoms with Gasteiger partial charge in [-0.1, -0.05) is 6.08 Å². The molecule has 0 aromatic carbocycles. The van der Waals surface area contributed by atoms with Crippen molar-refractivity contribution in [3.63, 3.8) is 0 Å². The summed E-state index contributed by atoms with van der Waals surface area (Å²) in [5, 5.41) is 2.74. The van der Waals surface area contributed by atoms with Crippen LogP contribution in [0.1, 0.15) is 16.2 Å². The van der Waals surface area contributed by atoms with Crippen LogP contribution in [0.4, 0.5) is 11.9 Å². The zero-order valence-electron chi connectivity index (χ0n) is 14.2. The highest BCUT2D eigenvalue weighted by Gasteiger charge is 2.22. The molecule has 1 saturated heterocycles. The van der Waals surface area contributed by atoms with Crippen molar-refractivity contribution in [1.29, 1.82) is 0 Å². The Balaban J connectivity index is 1.69. The normalized spacial score (nSPS) is 14.3. The number of anilines is 2. The minimum Gasteiger partial charge on any atom is -0.347 e. The van der Waals surface area contributed by atoms with E-state index in [0.717, 1.165) is 37.8 Å². The average Bonchev–Trinajstić information content (AvgIpc) is 2.66. The number of nitrogens with one attached hydrogen (secondary N) is 1. The van der Waals surface area contributed by atoms with Crippen LogP contribution in [0.3, 0.4) is 0 Å². The molecule has 0 radical (unpaired) electrons. The van der Waals surface area contributed by atoms with Gasteiger partial charge in [0.1, 0.15) is 5.69 Å². The van der Waals surface area contributed by atoms with E-state index in [1.54, 1.807) is 30.6 Å². The van der Waals surface area contributed by atoms with Gasteiger partial charge in [-0.3, -0.25) is 4.79 Å². The first-order valence-corrected chi connectivity index (χ1v) is 8.19. The summed E-state index contributed by atoms with van der Waals surface area (Å²) in [7, 11) is 0. The van der Waals surface area contributed by atoms with Crippen molar-refractivity contribution in [2.45, 2.75) is 6.92 Å². The SMILES string of the molecule is C=CCNC(=O)c1cc(C)nc(N2CCN(c3ncccn3)CC2)n1. The summed E-state index contributed by atoms with van der Waals surface area (Å²) in [4.78, 5) is 33.8. The van der Waals surface area contributed by atoms with Crippen molar-refractivity contribution in [2.75, 3.05) is 42.5 Å². The molecule has 1 amide bonds. The van der Waals surface area contributed by atoms with Gasteiger partial charge in [-0.15, -0.1) is 6.58 Å². The van der Waals surface area contributed by atoms with Crippen LogP contribution in [0, 0.1) is 6.92 Å². The topological polar surface area (TPSA) is 87.1 Å². The first-order valence-electron chi connectivity index (χ1n) is 8.19. The molecule has 3 rings (SSSR count). The van der Waals surface area contributed by atoms with Gasteiger partial charge >= 0.3 is 0 Å². The maximum atomic E-state index is 12.1. The summed E-state index contributed by atoms with van der Waals surface area (Å²) in [6, 6.07) is 3.50. The third kappa shape index (κ3) is 4.09. The number of hydrogen-bond donors (Lipinski definition) is 1. The molecule has 2 aromatic rings. The average molecular weight is 339 g/mol. The van der Waals surface area contributed by atoms with Crippen molar-refractivity contribution in [2.24, 2.45) is 0 Å². The molecular formula is C17H21N7O. The smallest absolute Gasteiger partial charge is 0.270 e. The highest BCUT2D eigenvalue weighted by Crippen LogP contribution is 2.15. The zero-order valence-corrected chi connectivity index (χ0v) is 14.2. The van der Waals surface area contributed by atoms with E-state index in [2.05, 4.69) is 41.6 Å². The van der Waals surface area contributed by atoms with Crippen molar-refractivity contribution in [3.05, 3.63) is 48.6 Å². The van der Waals surface area contributed by atoms with E-state index in [1.807, 2.05) is 6.92 Å². The van der Waals surface area contributed by atoms with Crippen molar-refractivity contribution in [3.8, 4) is 0 Å². The molecule has 1 aliphatic heterocycles. The van der Waals surface area contributed by atoms with Gasteiger partial charge in [-0.2, -0.15) is 0 Å². The first-order chi connectivity index (χ1) is 12.2. The molecular weight excluding hydrogens is 318 g/mol. The van der Waals surface area contributed by atoms with Gasteiger partial charge in [0.05, 0.1) is 0 Å². The first kappa shape index (κ1) is 16.8. The second kappa shape index (κ2) is 7.69. The Morgan fingerprint density at radius 3 is 2.44 bits per heavy atom. The number of aryl methyl sites for hydroxylation is 1. The lowest BCUT2D eigenvalue weighted by Gasteiger charge is -2.34. The maximum Gasteiger partial charge on any atom is 0.270 e. The van der Waals surface area contributed by atoms with E-state index < -0.39 is 0 Å². The summed E-state index contributed by atoms with van der Waals surface area (Å²) < 4.78 is 0. The van der Waals surface area contributed by atoms with Gasteiger partial charge in [-0.05, 0) is 19.1 Å². The fraction of sp³-hybridized carbons (Fsp3) is 0.353. The van der Waals surface area contributed by atoms with E-state index in [9.17, 15) is 4.79 Å². The summed E-state index contributed by atoms with van der Waals surface area (Å²) in [6.07, 6.45) is 5.12. The second-order valence-corrected chi connectivity index (χ2v) is 5.72. The molecule has 0 bridgehead atoms. The van der Waals surface area contributed by atoms with Gasteiger partial charge in [0.2, 0.25) is 11.9 Å². The molecule has 1 aliphatic rings. The van der Waals surface area contributed by atoms with E-state index in [1.165, 1.54) is 0 Å². The van der Waals surface area contributed by atoms with E-state index >= 15 is 0 Å². The molecule has 25 heavy (non-hydrogen) atoms. The van der Waals surface area contributed by atoms with Crippen LogP contribution in [0.5, 0.6) is 0 Å². The fourth-order valence-electron chi connectivity index (χ4n) is 2.63. The number of rotatable bonds is 5. The number of nitrogens with zero attached hydrogens (tertiary/aromatic N) is 6. The third-order valence-electron chi connectivity index (χ3n) is 3.88. The van der Waals surface area contributed by atoms with E-state index in [-0.39, 0.29) is 5.91 Å². The van der Waals surface area contributed by atoms with Crippen LogP contribution in [-0.2, 0) is 0 Å². The number of carbonyl (C=O) groups is 1. The standard InChI is InChI=1S/C17H21N7O/c1-3-5-18-15(25)14-12-13(2)21-17(22-14)24-10-8-23(9-11-24)16-19-6-4-7-20-16/h3-4,6-7,12H,1,5,8-11H2,2H3,(H,18,25). The maximum absolute atomic E-state index is 12.1. The molecule has 3 heterocycles. The Bertz CT molecular complexity index is 742. The van der Waals surface area contributed by atoms with Crippen LogP contribution in [0.2, 0.25) is 0 Å². The Morgan fingerprint density at radius 1 is 1.16 bits per heavy atom. The van der Waals surface area contributed by atoms with Crippen molar-refractivity contribution < 1.29 is 4.79 Å². The lowest BCUT2D eigenvalue weighted by atomic mass is 10.3. The van der Waals surface area contributed by atoms with Gasteiger partial charge < -0.3 is 15.1 Å². The molecule has 8 heteroatoms. The summed E-state index contributed by atoms with van der Waals surface area (Å²) in [6.45, 7) is 8.92. The second-order valence-electron chi connectivity index (χ2n) is 5.72. The Morgan fingerprint density at radius 2 is 1.80 bits per heavy atom. The predicted octanol–water partition coefficient (Wildman–Crippen LogP) is 0.817. The van der Waals surface area contributed by atoms with E-state index in [4.69, 9.17) is 0 Å². The highest BCUT2D eigenvalue weighted by atomic mass is 16.1. The largest absolute Gasteiger partial charge is 0.347 e. The van der Waals surface area contributed by atoms with Crippen molar-refractivity contribution >= 4 is 17.8 Å². The molecule has 0 spiro atoms. The molecule has 2 aromatic heterocycles. The Kier molecular flexibility index (Phi) is 5.17. The fourth-order valence-corrected chi connectivity index (χ4v) is 2.63. The molecule has 0 unspecified atom stereocenters. The van der Waals surface area contributed by atoms with Gasteiger partial charge in [0.25, 0.3) is 5.91 Å². The van der Waals surface area contributed by atoms with Crippen LogP contribution in [0.15, 0.2) is 37.2 Å². The molecule has 0 aliphatic carbocycles. The lowest BCUT2D eigenvalue weighted by Crippen LogP contribution is -2.47. The van der Waals surface area contributed by atoms with Gasteiger partial charge in [0.15, 0.2) is 0 Å². The Labute approximate surface area is 146 Å². The highest BCUT2D eigenvalue weighted by molar-refractivity contribution is 5.92. The van der Waals surface area contributed by atoms with Gasteiger partial charge in [0, 0.05) is 50.8 Å². The molecule has 0 atom stereocenters. The molecule has 8 nitrogen and oxygen atoms in total.